The Labute approximate surface area is 107 Å². The minimum Gasteiger partial charge on any atom is -0.396 e. The molecule has 1 amide bonds. The first kappa shape index (κ1) is 13.6. The minimum atomic E-state index is 0.0416. The molecule has 0 unspecified atom stereocenters. The number of nitrogens with one attached hydrogen (secondary N) is 2. The third-order valence-electron chi connectivity index (χ3n) is 2.29. The Bertz CT molecular complexity index is 382. The van der Waals surface area contributed by atoms with E-state index in [0.717, 1.165) is 18.7 Å². The van der Waals surface area contributed by atoms with Gasteiger partial charge in [-0.15, -0.1) is 0 Å². The largest absolute Gasteiger partial charge is 0.396 e. The van der Waals surface area contributed by atoms with Gasteiger partial charge in [0.25, 0.3) is 0 Å². The molecule has 0 aliphatic carbocycles. The molecule has 4 N–H and O–H groups in total. The Hall–Kier alpha value is -1.42. The summed E-state index contributed by atoms with van der Waals surface area (Å²) in [5.74, 6) is 0.0416. The van der Waals surface area contributed by atoms with Crippen LogP contribution < -0.4 is 16.4 Å². The molecule has 0 atom stereocenters. The summed E-state index contributed by atoms with van der Waals surface area (Å²) in [4.78, 5) is 11.3. The third kappa shape index (κ3) is 4.53. The zero-order valence-corrected chi connectivity index (χ0v) is 10.7. The number of halogens is 1. The molecule has 0 saturated heterocycles. The van der Waals surface area contributed by atoms with E-state index in [4.69, 9.17) is 17.3 Å². The second-order valence-corrected chi connectivity index (χ2v) is 4.14. The molecule has 94 valence electrons. The van der Waals surface area contributed by atoms with Crippen LogP contribution >= 0.6 is 11.6 Å². The molecule has 0 spiro atoms. The van der Waals surface area contributed by atoms with Gasteiger partial charge < -0.3 is 16.4 Å². The van der Waals surface area contributed by atoms with Crippen LogP contribution in [0.25, 0.3) is 0 Å². The van der Waals surface area contributed by atoms with E-state index >= 15 is 0 Å². The van der Waals surface area contributed by atoms with E-state index in [1.165, 1.54) is 0 Å². The molecular formula is C12H18ClN3O. The molecule has 1 aromatic rings. The zero-order valence-electron chi connectivity index (χ0n) is 9.92. The lowest BCUT2D eigenvalue weighted by Gasteiger charge is -2.10. The summed E-state index contributed by atoms with van der Waals surface area (Å²) in [6, 6.07) is 5.39. The molecule has 1 rings (SSSR count). The first-order valence-electron chi connectivity index (χ1n) is 5.69. The van der Waals surface area contributed by atoms with Crippen molar-refractivity contribution in [2.24, 2.45) is 0 Å². The molecular weight excluding hydrogens is 238 g/mol. The SMILES string of the molecule is CCCNC(=O)CCNc1cccc(Cl)c1N. The maximum absolute atomic E-state index is 11.3. The molecule has 0 heterocycles. The van der Waals surface area contributed by atoms with Crippen LogP contribution in [0, 0.1) is 0 Å². The lowest BCUT2D eigenvalue weighted by Crippen LogP contribution is -2.25. The van der Waals surface area contributed by atoms with Crippen LogP contribution in [-0.4, -0.2) is 19.0 Å². The molecule has 0 aliphatic rings. The molecule has 0 fully saturated rings. The molecule has 0 aliphatic heterocycles. The molecule has 0 radical (unpaired) electrons. The van der Waals surface area contributed by atoms with Gasteiger partial charge in [-0.05, 0) is 18.6 Å². The number of nitrogens with two attached hydrogens (primary N) is 1. The van der Waals surface area contributed by atoms with Crippen molar-refractivity contribution in [3.8, 4) is 0 Å². The lowest BCUT2D eigenvalue weighted by molar-refractivity contribution is -0.120. The van der Waals surface area contributed by atoms with E-state index < -0.39 is 0 Å². The van der Waals surface area contributed by atoms with Crippen LogP contribution in [0.1, 0.15) is 19.8 Å². The van der Waals surface area contributed by atoms with Gasteiger partial charge in [-0.3, -0.25) is 4.79 Å². The molecule has 0 bridgehead atoms. The number of amides is 1. The zero-order chi connectivity index (χ0) is 12.7. The normalized spacial score (nSPS) is 10.0. The average molecular weight is 256 g/mol. The van der Waals surface area contributed by atoms with Gasteiger partial charge in [0.05, 0.1) is 16.4 Å². The number of hydrogen-bond acceptors (Lipinski definition) is 3. The number of nitrogen functional groups attached to an aromatic ring is 1. The van der Waals surface area contributed by atoms with Gasteiger partial charge in [0, 0.05) is 19.5 Å². The van der Waals surface area contributed by atoms with Gasteiger partial charge in [-0.2, -0.15) is 0 Å². The van der Waals surface area contributed by atoms with Crippen molar-refractivity contribution < 1.29 is 4.79 Å². The van der Waals surface area contributed by atoms with Gasteiger partial charge in [0.1, 0.15) is 0 Å². The highest BCUT2D eigenvalue weighted by Gasteiger charge is 2.03. The molecule has 17 heavy (non-hydrogen) atoms. The fraction of sp³-hybridized carbons (Fsp3) is 0.417. The van der Waals surface area contributed by atoms with E-state index in [1.54, 1.807) is 6.07 Å². The smallest absolute Gasteiger partial charge is 0.221 e. The van der Waals surface area contributed by atoms with Gasteiger partial charge in [-0.1, -0.05) is 24.6 Å². The first-order chi connectivity index (χ1) is 8.15. The van der Waals surface area contributed by atoms with Gasteiger partial charge in [0.15, 0.2) is 0 Å². The third-order valence-corrected chi connectivity index (χ3v) is 2.62. The number of anilines is 2. The highest BCUT2D eigenvalue weighted by Crippen LogP contribution is 2.26. The van der Waals surface area contributed by atoms with Gasteiger partial charge >= 0.3 is 0 Å². The van der Waals surface area contributed by atoms with Crippen LogP contribution in [0.2, 0.25) is 5.02 Å². The van der Waals surface area contributed by atoms with Crippen LogP contribution in [0.15, 0.2) is 18.2 Å². The highest BCUT2D eigenvalue weighted by molar-refractivity contribution is 6.33. The summed E-state index contributed by atoms with van der Waals surface area (Å²) in [6.07, 6.45) is 1.37. The number of benzene rings is 1. The van der Waals surface area contributed by atoms with Crippen molar-refractivity contribution in [1.82, 2.24) is 5.32 Å². The van der Waals surface area contributed by atoms with Crippen LogP contribution in [0.3, 0.4) is 0 Å². The monoisotopic (exact) mass is 255 g/mol. The predicted octanol–water partition coefficient (Wildman–Crippen LogP) is 2.25. The summed E-state index contributed by atoms with van der Waals surface area (Å²) in [7, 11) is 0. The summed E-state index contributed by atoms with van der Waals surface area (Å²) in [5.41, 5.74) is 7.07. The fourth-order valence-electron chi connectivity index (χ4n) is 1.35. The number of hydrogen-bond donors (Lipinski definition) is 3. The second kappa shape index (κ2) is 7.01. The van der Waals surface area contributed by atoms with E-state index in [0.29, 0.717) is 23.7 Å². The lowest BCUT2D eigenvalue weighted by atomic mass is 10.2. The summed E-state index contributed by atoms with van der Waals surface area (Å²) in [6.45, 7) is 3.28. The standard InChI is InChI=1S/C12H18ClN3O/c1-2-7-16-11(17)6-8-15-10-5-3-4-9(13)12(10)14/h3-5,15H,2,6-8,14H2,1H3,(H,16,17). The van der Waals surface area contributed by atoms with Crippen molar-refractivity contribution >= 4 is 28.9 Å². The predicted molar refractivity (Wildman–Crippen MR) is 72.3 cm³/mol. The van der Waals surface area contributed by atoms with Crippen molar-refractivity contribution in [2.75, 3.05) is 24.1 Å². The molecule has 0 aromatic heterocycles. The van der Waals surface area contributed by atoms with Gasteiger partial charge in [-0.25, -0.2) is 0 Å². The van der Waals surface area contributed by atoms with Crippen molar-refractivity contribution in [2.45, 2.75) is 19.8 Å². The van der Waals surface area contributed by atoms with Crippen LogP contribution in [0.4, 0.5) is 11.4 Å². The molecule has 4 nitrogen and oxygen atoms in total. The van der Waals surface area contributed by atoms with Crippen LogP contribution in [-0.2, 0) is 4.79 Å². The Kier molecular flexibility index (Phi) is 5.63. The van der Waals surface area contributed by atoms with E-state index in [9.17, 15) is 4.79 Å². The topological polar surface area (TPSA) is 67.2 Å². The Balaban J connectivity index is 2.36. The van der Waals surface area contributed by atoms with Crippen LogP contribution in [0.5, 0.6) is 0 Å². The summed E-state index contributed by atoms with van der Waals surface area (Å²) in [5, 5.41) is 6.42. The van der Waals surface area contributed by atoms with E-state index in [2.05, 4.69) is 10.6 Å². The Morgan fingerprint density at radius 2 is 2.18 bits per heavy atom. The number of carbonyl (C=O) groups excluding carboxylic acids is 1. The van der Waals surface area contributed by atoms with E-state index in [1.807, 2.05) is 19.1 Å². The number of carbonyl (C=O) groups is 1. The first-order valence-corrected chi connectivity index (χ1v) is 6.07. The van der Waals surface area contributed by atoms with Crippen molar-refractivity contribution in [3.63, 3.8) is 0 Å². The second-order valence-electron chi connectivity index (χ2n) is 3.73. The van der Waals surface area contributed by atoms with Crippen molar-refractivity contribution in [1.29, 1.82) is 0 Å². The molecule has 5 heteroatoms. The van der Waals surface area contributed by atoms with Gasteiger partial charge in [0.2, 0.25) is 5.91 Å². The minimum absolute atomic E-state index is 0.0416. The number of rotatable bonds is 6. The average Bonchev–Trinajstić information content (AvgIpc) is 2.32. The fourth-order valence-corrected chi connectivity index (χ4v) is 1.53. The Morgan fingerprint density at radius 1 is 1.41 bits per heavy atom. The van der Waals surface area contributed by atoms with Crippen molar-refractivity contribution in [3.05, 3.63) is 23.2 Å². The van der Waals surface area contributed by atoms with E-state index in [-0.39, 0.29) is 5.91 Å². The molecule has 0 saturated carbocycles. The summed E-state index contributed by atoms with van der Waals surface area (Å²) < 4.78 is 0. The highest BCUT2D eigenvalue weighted by atomic mass is 35.5. The number of para-hydroxylation sites is 1. The quantitative estimate of drug-likeness (QED) is 0.683. The summed E-state index contributed by atoms with van der Waals surface area (Å²) >= 11 is 5.88. The maximum Gasteiger partial charge on any atom is 0.221 e. The Morgan fingerprint density at radius 3 is 2.88 bits per heavy atom. The molecule has 1 aromatic carbocycles. The maximum atomic E-state index is 11.3.